The van der Waals surface area contributed by atoms with Crippen LogP contribution in [0.25, 0.3) is 0 Å². The van der Waals surface area contributed by atoms with Crippen molar-refractivity contribution in [3.05, 3.63) is 32.2 Å². The molecule has 0 saturated heterocycles. The Morgan fingerprint density at radius 3 is 2.10 bits per heavy atom. The third kappa shape index (κ3) is 4.85. The molecule has 0 amide bonds. The average molecular weight is 405 g/mol. The third-order valence-corrected chi connectivity index (χ3v) is 5.37. The topological polar surface area (TPSA) is 12.0 Å². The van der Waals surface area contributed by atoms with Crippen LogP contribution in [0.3, 0.4) is 0 Å². The van der Waals surface area contributed by atoms with Gasteiger partial charge in [-0.05, 0) is 55.5 Å². The SMILES string of the molecule is CCCC(CCC)C(NCC)c1cc(Br)c(C)cc1Br. The molecule has 0 heterocycles. The van der Waals surface area contributed by atoms with Crippen molar-refractivity contribution in [2.24, 2.45) is 5.92 Å². The number of aryl methyl sites for hydroxylation is 1. The monoisotopic (exact) mass is 403 g/mol. The lowest BCUT2D eigenvalue weighted by Gasteiger charge is -2.29. The number of hydrogen-bond donors (Lipinski definition) is 1. The molecule has 1 aromatic rings. The van der Waals surface area contributed by atoms with Gasteiger partial charge in [-0.3, -0.25) is 0 Å². The summed E-state index contributed by atoms with van der Waals surface area (Å²) in [4.78, 5) is 0. The van der Waals surface area contributed by atoms with Crippen LogP contribution >= 0.6 is 31.9 Å². The normalized spacial score (nSPS) is 12.9. The van der Waals surface area contributed by atoms with Gasteiger partial charge in [0.05, 0.1) is 0 Å². The van der Waals surface area contributed by atoms with Crippen LogP contribution in [0.5, 0.6) is 0 Å². The fourth-order valence-electron chi connectivity index (χ4n) is 2.87. The lowest BCUT2D eigenvalue weighted by atomic mass is 9.86. The van der Waals surface area contributed by atoms with Gasteiger partial charge >= 0.3 is 0 Å². The van der Waals surface area contributed by atoms with Crippen LogP contribution < -0.4 is 5.32 Å². The number of benzene rings is 1. The van der Waals surface area contributed by atoms with Crippen LogP contribution in [0.1, 0.15) is 63.6 Å². The Hall–Kier alpha value is 0.140. The predicted octanol–water partition coefficient (Wildman–Crippen LogP) is 6.39. The highest BCUT2D eigenvalue weighted by Crippen LogP contribution is 2.36. The Labute approximate surface area is 141 Å². The molecule has 1 rings (SSSR count). The van der Waals surface area contributed by atoms with Gasteiger partial charge in [-0.1, -0.05) is 65.5 Å². The summed E-state index contributed by atoms with van der Waals surface area (Å²) in [5.74, 6) is 0.704. The summed E-state index contributed by atoms with van der Waals surface area (Å²) < 4.78 is 2.42. The van der Waals surface area contributed by atoms with Crippen molar-refractivity contribution in [1.29, 1.82) is 0 Å². The Kier molecular flexibility index (Phi) is 8.38. The average Bonchev–Trinajstić information content (AvgIpc) is 2.40. The van der Waals surface area contributed by atoms with Crippen LogP contribution in [0.2, 0.25) is 0 Å². The van der Waals surface area contributed by atoms with Crippen molar-refractivity contribution in [3.8, 4) is 0 Å². The summed E-state index contributed by atoms with van der Waals surface area (Å²) in [5.41, 5.74) is 2.66. The number of rotatable bonds is 8. The van der Waals surface area contributed by atoms with E-state index in [2.05, 4.69) is 77.0 Å². The molecule has 0 spiro atoms. The van der Waals surface area contributed by atoms with E-state index in [-0.39, 0.29) is 0 Å². The second-order valence-corrected chi connectivity index (χ2v) is 7.20. The van der Waals surface area contributed by atoms with Gasteiger partial charge < -0.3 is 5.32 Å². The van der Waals surface area contributed by atoms with Gasteiger partial charge in [-0.2, -0.15) is 0 Å². The van der Waals surface area contributed by atoms with E-state index in [1.165, 1.54) is 45.8 Å². The second kappa shape index (κ2) is 9.22. The zero-order chi connectivity index (χ0) is 15.1. The van der Waals surface area contributed by atoms with E-state index in [0.29, 0.717) is 12.0 Å². The Bertz CT molecular complexity index is 412. The first-order valence-corrected chi connectivity index (χ1v) is 9.32. The van der Waals surface area contributed by atoms with Gasteiger partial charge in [-0.25, -0.2) is 0 Å². The molecule has 1 aromatic carbocycles. The summed E-state index contributed by atoms with van der Waals surface area (Å²) in [5, 5.41) is 3.71. The molecule has 0 aliphatic carbocycles. The highest BCUT2D eigenvalue weighted by atomic mass is 79.9. The molecule has 20 heavy (non-hydrogen) atoms. The molecule has 1 unspecified atom stereocenters. The lowest BCUT2D eigenvalue weighted by molar-refractivity contribution is 0.319. The van der Waals surface area contributed by atoms with Gasteiger partial charge in [0.25, 0.3) is 0 Å². The largest absolute Gasteiger partial charge is 0.310 e. The van der Waals surface area contributed by atoms with Crippen molar-refractivity contribution < 1.29 is 0 Å². The molecular weight excluding hydrogens is 378 g/mol. The second-order valence-electron chi connectivity index (χ2n) is 5.50. The van der Waals surface area contributed by atoms with Gasteiger partial charge in [-0.15, -0.1) is 0 Å². The van der Waals surface area contributed by atoms with E-state index in [9.17, 15) is 0 Å². The third-order valence-electron chi connectivity index (χ3n) is 3.83. The minimum Gasteiger partial charge on any atom is -0.310 e. The van der Waals surface area contributed by atoms with E-state index >= 15 is 0 Å². The summed E-state index contributed by atoms with van der Waals surface area (Å²) in [6.45, 7) is 9.90. The molecule has 0 radical (unpaired) electrons. The maximum absolute atomic E-state index is 3.76. The summed E-state index contributed by atoms with van der Waals surface area (Å²) in [6.07, 6.45) is 5.06. The predicted molar refractivity (Wildman–Crippen MR) is 96.3 cm³/mol. The van der Waals surface area contributed by atoms with Gasteiger partial charge in [0.15, 0.2) is 0 Å². The first kappa shape index (κ1) is 18.2. The molecule has 3 heteroatoms. The highest BCUT2D eigenvalue weighted by molar-refractivity contribution is 9.11. The van der Waals surface area contributed by atoms with Crippen molar-refractivity contribution in [2.75, 3.05) is 6.54 Å². The fourth-order valence-corrected chi connectivity index (χ4v) is 3.94. The van der Waals surface area contributed by atoms with Crippen LogP contribution in [0.4, 0.5) is 0 Å². The molecule has 0 fully saturated rings. The lowest BCUT2D eigenvalue weighted by Crippen LogP contribution is -2.28. The fraction of sp³-hybridized carbons (Fsp3) is 0.647. The summed E-state index contributed by atoms with van der Waals surface area (Å²) in [6, 6.07) is 4.94. The van der Waals surface area contributed by atoms with Gasteiger partial charge in [0.1, 0.15) is 0 Å². The number of hydrogen-bond acceptors (Lipinski definition) is 1. The standard InChI is InChI=1S/C17H27Br2N/c1-5-8-13(9-6-2)17(20-7-3)14-11-15(18)12(4)10-16(14)19/h10-11,13,17,20H,5-9H2,1-4H3. The summed E-state index contributed by atoms with van der Waals surface area (Å²) >= 11 is 7.44. The Morgan fingerprint density at radius 1 is 1.00 bits per heavy atom. The smallest absolute Gasteiger partial charge is 0.0360 e. The molecule has 1 atom stereocenters. The molecule has 0 aliphatic heterocycles. The van der Waals surface area contributed by atoms with E-state index in [0.717, 1.165) is 6.54 Å². The van der Waals surface area contributed by atoms with Crippen molar-refractivity contribution in [3.63, 3.8) is 0 Å². The zero-order valence-electron chi connectivity index (χ0n) is 13.1. The van der Waals surface area contributed by atoms with Crippen LogP contribution in [-0.2, 0) is 0 Å². The first-order valence-electron chi connectivity index (χ1n) is 7.73. The minimum atomic E-state index is 0.436. The van der Waals surface area contributed by atoms with E-state index in [4.69, 9.17) is 0 Å². The quantitative estimate of drug-likeness (QED) is 0.529. The molecule has 0 aromatic heterocycles. The van der Waals surface area contributed by atoms with E-state index in [1.807, 2.05) is 0 Å². The van der Waals surface area contributed by atoms with Crippen LogP contribution in [-0.4, -0.2) is 6.54 Å². The van der Waals surface area contributed by atoms with Gasteiger partial charge in [0.2, 0.25) is 0 Å². The molecule has 114 valence electrons. The molecule has 0 bridgehead atoms. The first-order chi connectivity index (χ1) is 9.54. The molecule has 1 nitrogen and oxygen atoms in total. The van der Waals surface area contributed by atoms with E-state index in [1.54, 1.807) is 0 Å². The van der Waals surface area contributed by atoms with Crippen LogP contribution in [0, 0.1) is 12.8 Å². The van der Waals surface area contributed by atoms with Crippen molar-refractivity contribution >= 4 is 31.9 Å². The maximum Gasteiger partial charge on any atom is 0.0360 e. The zero-order valence-corrected chi connectivity index (χ0v) is 16.3. The number of nitrogens with one attached hydrogen (secondary N) is 1. The molecule has 1 N–H and O–H groups in total. The number of halogens is 2. The minimum absolute atomic E-state index is 0.436. The maximum atomic E-state index is 3.76. The Morgan fingerprint density at radius 2 is 1.60 bits per heavy atom. The van der Waals surface area contributed by atoms with Crippen LogP contribution in [0.15, 0.2) is 21.1 Å². The highest BCUT2D eigenvalue weighted by Gasteiger charge is 2.23. The Balaban J connectivity index is 3.13. The van der Waals surface area contributed by atoms with Gasteiger partial charge in [0, 0.05) is 15.0 Å². The summed E-state index contributed by atoms with van der Waals surface area (Å²) in [7, 11) is 0. The molecular formula is C17H27Br2N. The van der Waals surface area contributed by atoms with Crippen molar-refractivity contribution in [2.45, 2.75) is 59.4 Å². The molecule has 0 aliphatic rings. The van der Waals surface area contributed by atoms with Crippen molar-refractivity contribution in [1.82, 2.24) is 5.32 Å². The molecule has 0 saturated carbocycles. The van der Waals surface area contributed by atoms with E-state index < -0.39 is 0 Å².